The number of nitrogens with zero attached hydrogens (tertiary/aromatic N) is 3. The fraction of sp³-hybridized carbons (Fsp3) is 0.444. The van der Waals surface area contributed by atoms with Crippen molar-refractivity contribution in [2.45, 2.75) is 52.9 Å². The molecule has 1 aliphatic rings. The van der Waals surface area contributed by atoms with E-state index < -0.39 is 0 Å². The smallest absolute Gasteiger partial charge is 0.152 e. The number of allylic oxidation sites excluding steroid dienone is 1. The van der Waals surface area contributed by atoms with Crippen molar-refractivity contribution in [2.75, 3.05) is 30.8 Å². The van der Waals surface area contributed by atoms with Crippen LogP contribution in [0.1, 0.15) is 66.2 Å². The minimum atomic E-state index is 0.165. The highest BCUT2D eigenvalue weighted by Gasteiger charge is 2.22. The van der Waals surface area contributed by atoms with Gasteiger partial charge < -0.3 is 15.5 Å². The van der Waals surface area contributed by atoms with Crippen LogP contribution in [0.5, 0.6) is 0 Å². The Labute approximate surface area is 213 Å². The molecule has 1 atom stereocenters. The van der Waals surface area contributed by atoms with Gasteiger partial charge in [0.2, 0.25) is 0 Å². The van der Waals surface area contributed by atoms with Gasteiger partial charge in [-0.15, -0.1) is 0 Å². The number of likely N-dealkylation sites (tertiary alicyclic amines) is 1. The number of amidine groups is 1. The zero-order valence-electron chi connectivity index (χ0n) is 21.4. The SMILES string of the molecule is C=C(Nc1cc(C)[nH]n1)/C(Cl)=C\N=C(Nc1cc(C=O)c(C2CCN(C)CC2)cc1C)C(C)CC. The molecular formula is C27H37ClN6O. The van der Waals surface area contributed by atoms with Crippen molar-refractivity contribution in [1.82, 2.24) is 15.1 Å². The number of H-pyrrole nitrogens is 1. The van der Waals surface area contributed by atoms with Crippen molar-refractivity contribution in [2.24, 2.45) is 10.9 Å². The molecule has 2 heterocycles. The van der Waals surface area contributed by atoms with Gasteiger partial charge in [-0.2, -0.15) is 5.10 Å². The number of hydrogen-bond acceptors (Lipinski definition) is 5. The first kappa shape index (κ1) is 26.7. The van der Waals surface area contributed by atoms with E-state index in [1.54, 1.807) is 6.20 Å². The third-order valence-electron chi connectivity index (χ3n) is 6.65. The van der Waals surface area contributed by atoms with Crippen molar-refractivity contribution < 1.29 is 4.79 Å². The van der Waals surface area contributed by atoms with Crippen LogP contribution in [-0.2, 0) is 0 Å². The molecule has 1 saturated heterocycles. The zero-order valence-corrected chi connectivity index (χ0v) is 22.2. The zero-order chi connectivity index (χ0) is 25.5. The van der Waals surface area contributed by atoms with Crippen LogP contribution in [0.2, 0.25) is 0 Å². The van der Waals surface area contributed by atoms with Gasteiger partial charge >= 0.3 is 0 Å². The normalized spacial score (nSPS) is 16.7. The quantitative estimate of drug-likeness (QED) is 0.166. The monoisotopic (exact) mass is 496 g/mol. The molecule has 3 rings (SSSR count). The standard InChI is InChI=1S/C27H37ClN6O/c1-7-17(2)27(29-15-24(28)20(5)30-26-13-19(4)32-33-26)31-25-14-22(16-35)23(12-18(25)3)21-8-10-34(6)11-9-21/h12-17,21H,5,7-11H2,1-4,6H3,(H,29,31)(H2,30,32,33)/b24-15+. The molecule has 3 N–H and O–H groups in total. The number of aromatic nitrogens is 2. The Kier molecular flexibility index (Phi) is 9.29. The maximum atomic E-state index is 12.0. The van der Waals surface area contributed by atoms with Crippen LogP contribution < -0.4 is 10.6 Å². The van der Waals surface area contributed by atoms with Crippen LogP contribution in [0, 0.1) is 19.8 Å². The third-order valence-corrected chi connectivity index (χ3v) is 6.97. The number of anilines is 2. The molecule has 35 heavy (non-hydrogen) atoms. The Morgan fingerprint density at radius 2 is 2.03 bits per heavy atom. The maximum absolute atomic E-state index is 12.0. The number of carbonyl (C=O) groups is 1. The van der Waals surface area contributed by atoms with E-state index in [-0.39, 0.29) is 5.92 Å². The van der Waals surface area contributed by atoms with Crippen molar-refractivity contribution >= 4 is 35.2 Å². The first-order valence-electron chi connectivity index (χ1n) is 12.2. The second-order valence-electron chi connectivity index (χ2n) is 9.46. The number of halogens is 1. The Morgan fingerprint density at radius 3 is 2.63 bits per heavy atom. The molecule has 1 unspecified atom stereocenters. The highest BCUT2D eigenvalue weighted by atomic mass is 35.5. The number of nitrogens with one attached hydrogen (secondary N) is 3. The van der Waals surface area contributed by atoms with Crippen molar-refractivity contribution in [3.05, 3.63) is 64.1 Å². The average molecular weight is 497 g/mol. The second-order valence-corrected chi connectivity index (χ2v) is 9.86. The lowest BCUT2D eigenvalue weighted by Gasteiger charge is -2.30. The summed E-state index contributed by atoms with van der Waals surface area (Å²) >= 11 is 6.46. The van der Waals surface area contributed by atoms with E-state index >= 15 is 0 Å². The summed E-state index contributed by atoms with van der Waals surface area (Å²) in [6.45, 7) is 14.3. The van der Waals surface area contributed by atoms with Gasteiger partial charge in [-0.3, -0.25) is 9.89 Å². The highest BCUT2D eigenvalue weighted by Crippen LogP contribution is 2.33. The van der Waals surface area contributed by atoms with Gasteiger partial charge in [0.1, 0.15) is 12.1 Å². The number of aryl methyl sites for hydroxylation is 2. The summed E-state index contributed by atoms with van der Waals surface area (Å²) < 4.78 is 0. The van der Waals surface area contributed by atoms with E-state index in [4.69, 9.17) is 11.6 Å². The summed E-state index contributed by atoms with van der Waals surface area (Å²) in [5.41, 5.74) is 5.32. The summed E-state index contributed by atoms with van der Waals surface area (Å²) in [6.07, 6.45) is 5.61. The van der Waals surface area contributed by atoms with Gasteiger partial charge in [0.05, 0.1) is 10.7 Å². The molecule has 0 radical (unpaired) electrons. The van der Waals surface area contributed by atoms with Crippen molar-refractivity contribution in [3.8, 4) is 0 Å². The van der Waals surface area contributed by atoms with Gasteiger partial charge in [0.15, 0.2) is 5.82 Å². The van der Waals surface area contributed by atoms with Crippen LogP contribution >= 0.6 is 11.6 Å². The van der Waals surface area contributed by atoms with E-state index in [9.17, 15) is 4.79 Å². The van der Waals surface area contributed by atoms with Crippen molar-refractivity contribution in [1.29, 1.82) is 0 Å². The number of aldehydes is 1. The summed E-state index contributed by atoms with van der Waals surface area (Å²) in [4.78, 5) is 19.0. The fourth-order valence-corrected chi connectivity index (χ4v) is 4.27. The largest absolute Gasteiger partial charge is 0.343 e. The van der Waals surface area contributed by atoms with Gasteiger partial charge in [-0.05, 0) is 76.4 Å². The first-order valence-corrected chi connectivity index (χ1v) is 12.6. The lowest BCUT2D eigenvalue weighted by Crippen LogP contribution is -2.29. The molecule has 1 aromatic heterocycles. The number of aliphatic imine (C=N–C) groups is 1. The summed E-state index contributed by atoms with van der Waals surface area (Å²) in [7, 11) is 2.15. The lowest BCUT2D eigenvalue weighted by molar-refractivity contribution is 0.112. The number of rotatable bonds is 9. The first-order chi connectivity index (χ1) is 16.7. The predicted molar refractivity (Wildman–Crippen MR) is 147 cm³/mol. The molecule has 0 amide bonds. The van der Waals surface area contributed by atoms with Crippen LogP contribution in [0.4, 0.5) is 11.5 Å². The molecule has 0 aliphatic carbocycles. The average Bonchev–Trinajstić information content (AvgIpc) is 3.26. The molecule has 0 bridgehead atoms. The van der Waals surface area contributed by atoms with Gasteiger partial charge in [-0.1, -0.05) is 38.1 Å². The maximum Gasteiger partial charge on any atom is 0.152 e. The Bertz CT molecular complexity index is 1110. The molecule has 0 saturated carbocycles. The van der Waals surface area contributed by atoms with E-state index in [2.05, 4.69) is 71.2 Å². The topological polar surface area (TPSA) is 85.4 Å². The molecular weight excluding hydrogens is 460 g/mol. The van der Waals surface area contributed by atoms with Crippen LogP contribution in [0.25, 0.3) is 0 Å². The van der Waals surface area contributed by atoms with Crippen LogP contribution in [-0.4, -0.2) is 47.4 Å². The molecule has 188 valence electrons. The highest BCUT2D eigenvalue weighted by molar-refractivity contribution is 6.32. The molecule has 1 aromatic carbocycles. The van der Waals surface area contributed by atoms with Crippen LogP contribution in [0.3, 0.4) is 0 Å². The molecule has 2 aromatic rings. The molecule has 0 spiro atoms. The fourth-order valence-electron chi connectivity index (χ4n) is 4.17. The Balaban J connectivity index is 1.82. The summed E-state index contributed by atoms with van der Waals surface area (Å²) in [5.74, 6) is 2.00. The molecule has 1 aliphatic heterocycles. The van der Waals surface area contributed by atoms with E-state index in [0.29, 0.717) is 22.5 Å². The van der Waals surface area contributed by atoms with Crippen LogP contribution in [0.15, 0.2) is 46.7 Å². The van der Waals surface area contributed by atoms with Gasteiger partial charge in [-0.25, -0.2) is 4.99 Å². The van der Waals surface area contributed by atoms with E-state index in [1.807, 2.05) is 19.1 Å². The molecule has 7 nitrogen and oxygen atoms in total. The molecule has 8 heteroatoms. The molecule has 1 fully saturated rings. The van der Waals surface area contributed by atoms with Gasteiger partial charge in [0.25, 0.3) is 0 Å². The number of carbonyl (C=O) groups excluding carboxylic acids is 1. The van der Waals surface area contributed by atoms with Crippen molar-refractivity contribution in [3.63, 3.8) is 0 Å². The Hall–Kier alpha value is -2.90. The minimum Gasteiger partial charge on any atom is -0.343 e. The second kappa shape index (κ2) is 12.2. The van der Waals surface area contributed by atoms with E-state index in [0.717, 1.165) is 72.5 Å². The summed E-state index contributed by atoms with van der Waals surface area (Å²) in [6, 6.07) is 5.99. The number of aromatic amines is 1. The number of piperidine rings is 1. The van der Waals surface area contributed by atoms with E-state index in [1.165, 1.54) is 0 Å². The summed E-state index contributed by atoms with van der Waals surface area (Å²) in [5, 5.41) is 13.9. The minimum absolute atomic E-state index is 0.165. The van der Waals surface area contributed by atoms with Gasteiger partial charge in [0, 0.05) is 35.1 Å². The third kappa shape index (κ3) is 7.05. The lowest BCUT2D eigenvalue weighted by atomic mass is 9.85. The Morgan fingerprint density at radius 1 is 1.31 bits per heavy atom. The number of benzene rings is 1. The number of hydrogen-bond donors (Lipinski definition) is 3. The predicted octanol–water partition coefficient (Wildman–Crippen LogP) is 6.21.